The van der Waals surface area contributed by atoms with Gasteiger partial charge >= 0.3 is 0 Å². The lowest BCUT2D eigenvalue weighted by molar-refractivity contribution is 0.171. The van der Waals surface area contributed by atoms with E-state index in [1.807, 2.05) is 25.1 Å². The highest BCUT2D eigenvalue weighted by molar-refractivity contribution is 7.98. The minimum atomic E-state index is 0.482. The summed E-state index contributed by atoms with van der Waals surface area (Å²) in [4.78, 5) is 9.67. The molecular weight excluding hydrogens is 296 g/mol. The summed E-state index contributed by atoms with van der Waals surface area (Å²) in [6.45, 7) is 3.11. The van der Waals surface area contributed by atoms with E-state index in [4.69, 9.17) is 21.1 Å². The lowest BCUT2D eigenvalue weighted by Gasteiger charge is -2.18. The van der Waals surface area contributed by atoms with Gasteiger partial charge in [-0.3, -0.25) is 0 Å². The number of benzene rings is 1. The van der Waals surface area contributed by atoms with Crippen molar-refractivity contribution in [3.05, 3.63) is 40.9 Å². The number of rotatable bonds is 3. The molecule has 0 radical (unpaired) electrons. The number of aromatic nitrogens is 2. The first kappa shape index (κ1) is 13.5. The molecule has 20 heavy (non-hydrogen) atoms. The standard InChI is InChI=1S/C14H13ClN2O2S/c1-9-6-13(15)17-14(16-9)8-20-10-2-3-11-12(7-10)19-5-4-18-11/h2-3,6-7H,4-5,8H2,1H3. The Morgan fingerprint density at radius 3 is 2.75 bits per heavy atom. The fraction of sp³-hybridized carbons (Fsp3) is 0.286. The van der Waals surface area contributed by atoms with Gasteiger partial charge in [-0.1, -0.05) is 11.6 Å². The summed E-state index contributed by atoms with van der Waals surface area (Å²) in [5.74, 6) is 3.00. The zero-order valence-electron chi connectivity index (χ0n) is 10.9. The van der Waals surface area contributed by atoms with Crippen molar-refractivity contribution in [3.63, 3.8) is 0 Å². The van der Waals surface area contributed by atoms with Crippen molar-refractivity contribution < 1.29 is 9.47 Å². The number of thioether (sulfide) groups is 1. The first-order valence-electron chi connectivity index (χ1n) is 6.23. The number of aryl methyl sites for hydroxylation is 1. The molecule has 2 aromatic rings. The molecule has 1 aliphatic rings. The van der Waals surface area contributed by atoms with Crippen LogP contribution in [-0.4, -0.2) is 23.2 Å². The molecule has 4 nitrogen and oxygen atoms in total. The minimum Gasteiger partial charge on any atom is -0.486 e. The van der Waals surface area contributed by atoms with Crippen molar-refractivity contribution in [3.8, 4) is 11.5 Å². The van der Waals surface area contributed by atoms with Crippen LogP contribution in [0.5, 0.6) is 11.5 Å². The third-order valence-electron chi connectivity index (χ3n) is 2.75. The van der Waals surface area contributed by atoms with E-state index in [1.165, 1.54) is 0 Å². The molecular formula is C14H13ClN2O2S. The normalized spacial score (nSPS) is 13.3. The van der Waals surface area contributed by atoms with E-state index in [0.717, 1.165) is 27.9 Å². The molecule has 0 bridgehead atoms. The van der Waals surface area contributed by atoms with E-state index in [9.17, 15) is 0 Å². The molecule has 2 heterocycles. The Kier molecular flexibility index (Phi) is 3.98. The van der Waals surface area contributed by atoms with Crippen LogP contribution < -0.4 is 9.47 Å². The monoisotopic (exact) mass is 308 g/mol. The Bertz CT molecular complexity index is 616. The van der Waals surface area contributed by atoms with Crippen LogP contribution in [0.1, 0.15) is 11.5 Å². The molecule has 0 aliphatic carbocycles. The second-order valence-corrected chi connectivity index (χ2v) is 5.78. The predicted molar refractivity (Wildman–Crippen MR) is 78.8 cm³/mol. The first-order valence-corrected chi connectivity index (χ1v) is 7.59. The average molecular weight is 309 g/mol. The molecule has 0 N–H and O–H groups in total. The molecule has 104 valence electrons. The molecule has 1 aliphatic heterocycles. The molecule has 6 heteroatoms. The highest BCUT2D eigenvalue weighted by Crippen LogP contribution is 2.34. The van der Waals surface area contributed by atoms with Crippen molar-refractivity contribution in [1.29, 1.82) is 0 Å². The SMILES string of the molecule is Cc1cc(Cl)nc(CSc2ccc3c(c2)OCCO3)n1. The van der Waals surface area contributed by atoms with Gasteiger partial charge in [-0.2, -0.15) is 0 Å². The van der Waals surface area contributed by atoms with E-state index in [-0.39, 0.29) is 0 Å². The van der Waals surface area contributed by atoms with Gasteiger partial charge < -0.3 is 9.47 Å². The van der Waals surface area contributed by atoms with Crippen LogP contribution in [0, 0.1) is 6.92 Å². The van der Waals surface area contributed by atoms with Gasteiger partial charge in [0.2, 0.25) is 0 Å². The van der Waals surface area contributed by atoms with E-state index >= 15 is 0 Å². The molecule has 0 saturated carbocycles. The van der Waals surface area contributed by atoms with Crippen molar-refractivity contribution in [2.24, 2.45) is 0 Å². The van der Waals surface area contributed by atoms with E-state index in [2.05, 4.69) is 9.97 Å². The Morgan fingerprint density at radius 2 is 1.95 bits per heavy atom. The maximum absolute atomic E-state index is 5.93. The van der Waals surface area contributed by atoms with Crippen LogP contribution in [0.3, 0.4) is 0 Å². The molecule has 1 aromatic carbocycles. The highest BCUT2D eigenvalue weighted by atomic mass is 35.5. The molecule has 1 aromatic heterocycles. The van der Waals surface area contributed by atoms with Crippen LogP contribution in [0.15, 0.2) is 29.2 Å². The molecule has 0 amide bonds. The van der Waals surface area contributed by atoms with Crippen LogP contribution in [0.4, 0.5) is 0 Å². The second kappa shape index (κ2) is 5.89. The number of hydrogen-bond donors (Lipinski definition) is 0. The third-order valence-corrected chi connectivity index (χ3v) is 3.93. The number of hydrogen-bond acceptors (Lipinski definition) is 5. The summed E-state index contributed by atoms with van der Waals surface area (Å²) < 4.78 is 11.1. The Labute approximate surface area is 126 Å². The summed E-state index contributed by atoms with van der Waals surface area (Å²) >= 11 is 7.57. The van der Waals surface area contributed by atoms with Gasteiger partial charge in [0.05, 0.1) is 5.75 Å². The van der Waals surface area contributed by atoms with Gasteiger partial charge in [0.1, 0.15) is 24.2 Å². The summed E-state index contributed by atoms with van der Waals surface area (Å²) in [6.07, 6.45) is 0. The summed E-state index contributed by atoms with van der Waals surface area (Å²) in [5, 5.41) is 0.482. The average Bonchev–Trinajstić information content (AvgIpc) is 2.44. The van der Waals surface area contributed by atoms with Crippen molar-refractivity contribution in [2.75, 3.05) is 13.2 Å². The van der Waals surface area contributed by atoms with Crippen molar-refractivity contribution >= 4 is 23.4 Å². The van der Waals surface area contributed by atoms with Crippen molar-refractivity contribution in [1.82, 2.24) is 9.97 Å². The molecule has 0 atom stereocenters. The lowest BCUT2D eigenvalue weighted by atomic mass is 10.3. The first-order chi connectivity index (χ1) is 9.70. The number of fused-ring (bicyclic) bond motifs is 1. The zero-order valence-corrected chi connectivity index (χ0v) is 12.5. The fourth-order valence-corrected chi connectivity index (χ4v) is 2.95. The smallest absolute Gasteiger partial charge is 0.162 e. The van der Waals surface area contributed by atoms with Crippen LogP contribution in [0.2, 0.25) is 5.15 Å². The Balaban J connectivity index is 1.71. The van der Waals surface area contributed by atoms with Gasteiger partial charge in [-0.25, -0.2) is 9.97 Å². The molecule has 0 spiro atoms. The van der Waals surface area contributed by atoms with E-state index in [1.54, 1.807) is 17.8 Å². The maximum atomic E-state index is 5.93. The van der Waals surface area contributed by atoms with E-state index in [0.29, 0.717) is 24.1 Å². The summed E-state index contributed by atoms with van der Waals surface area (Å²) in [7, 11) is 0. The fourth-order valence-electron chi connectivity index (χ4n) is 1.91. The van der Waals surface area contributed by atoms with Crippen LogP contribution >= 0.6 is 23.4 Å². The van der Waals surface area contributed by atoms with Gasteiger partial charge in [0.25, 0.3) is 0 Å². The third kappa shape index (κ3) is 3.16. The molecule has 0 fully saturated rings. The number of halogens is 1. The van der Waals surface area contributed by atoms with Crippen LogP contribution in [0.25, 0.3) is 0 Å². The highest BCUT2D eigenvalue weighted by Gasteiger charge is 2.12. The topological polar surface area (TPSA) is 44.2 Å². The van der Waals surface area contributed by atoms with Gasteiger partial charge in [-0.15, -0.1) is 11.8 Å². The Morgan fingerprint density at radius 1 is 1.15 bits per heavy atom. The lowest BCUT2D eigenvalue weighted by Crippen LogP contribution is -2.15. The largest absolute Gasteiger partial charge is 0.486 e. The quantitative estimate of drug-likeness (QED) is 0.641. The number of ether oxygens (including phenoxy) is 2. The molecule has 0 unspecified atom stereocenters. The van der Waals surface area contributed by atoms with Gasteiger partial charge in [0.15, 0.2) is 11.5 Å². The predicted octanol–water partition coefficient (Wildman–Crippen LogP) is 3.50. The molecule has 0 saturated heterocycles. The summed E-state index contributed by atoms with van der Waals surface area (Å²) in [6, 6.07) is 7.67. The number of nitrogens with zero attached hydrogens (tertiary/aromatic N) is 2. The Hall–Kier alpha value is -1.46. The second-order valence-electron chi connectivity index (χ2n) is 4.34. The van der Waals surface area contributed by atoms with E-state index < -0.39 is 0 Å². The summed E-state index contributed by atoms with van der Waals surface area (Å²) in [5.41, 5.74) is 0.878. The minimum absolute atomic E-state index is 0.482. The van der Waals surface area contributed by atoms with Gasteiger partial charge in [0, 0.05) is 10.6 Å². The van der Waals surface area contributed by atoms with Crippen molar-refractivity contribution in [2.45, 2.75) is 17.6 Å². The molecule has 3 rings (SSSR count). The van der Waals surface area contributed by atoms with Gasteiger partial charge in [-0.05, 0) is 31.2 Å². The maximum Gasteiger partial charge on any atom is 0.162 e. The van der Waals surface area contributed by atoms with Crippen LogP contribution in [-0.2, 0) is 5.75 Å². The zero-order chi connectivity index (χ0) is 13.9.